The van der Waals surface area contributed by atoms with Crippen molar-refractivity contribution in [1.82, 2.24) is 5.32 Å². The fourth-order valence-corrected chi connectivity index (χ4v) is 3.24. The van der Waals surface area contributed by atoms with Crippen LogP contribution in [0.3, 0.4) is 0 Å². The van der Waals surface area contributed by atoms with Crippen molar-refractivity contribution in [1.29, 1.82) is 0 Å². The number of hydrogen-bond donors (Lipinski definition) is 3. The number of hydrogen-bond acceptors (Lipinski definition) is 5. The van der Waals surface area contributed by atoms with E-state index in [0.29, 0.717) is 5.75 Å². The topological polar surface area (TPSA) is 101 Å². The zero-order valence-electron chi connectivity index (χ0n) is 9.42. The van der Waals surface area contributed by atoms with Crippen LogP contribution in [0.1, 0.15) is 0 Å². The van der Waals surface area contributed by atoms with E-state index in [0.717, 1.165) is 5.88 Å². The zero-order chi connectivity index (χ0) is 13.2. The Morgan fingerprint density at radius 3 is 2.78 bits per heavy atom. The second kappa shape index (κ2) is 5.27. The molecular weight excluding hydrogens is 274 g/mol. The lowest BCUT2D eigenvalue weighted by molar-refractivity contribution is -0.117. The minimum absolute atomic E-state index is 0.0796. The van der Waals surface area contributed by atoms with Crippen molar-refractivity contribution in [2.75, 3.05) is 16.9 Å². The SMILES string of the molecule is NS(=O)(=O)c1ccccc1NC(=O)C1CSCN1. The first kappa shape index (κ1) is 13.3. The van der Waals surface area contributed by atoms with Crippen LogP contribution >= 0.6 is 11.8 Å². The summed E-state index contributed by atoms with van der Waals surface area (Å²) in [7, 11) is -3.84. The van der Waals surface area contributed by atoms with Gasteiger partial charge in [-0.1, -0.05) is 12.1 Å². The number of carbonyl (C=O) groups excluding carboxylic acids is 1. The number of benzene rings is 1. The summed E-state index contributed by atoms with van der Waals surface area (Å²) in [6, 6.07) is 5.77. The van der Waals surface area contributed by atoms with E-state index in [2.05, 4.69) is 10.6 Å². The molecule has 98 valence electrons. The van der Waals surface area contributed by atoms with Crippen molar-refractivity contribution in [2.45, 2.75) is 10.9 Å². The molecule has 1 aliphatic heterocycles. The standard InChI is InChI=1S/C10H13N3O3S2/c11-18(15,16)9-4-2-1-3-7(9)13-10(14)8-5-17-6-12-8/h1-4,8,12H,5-6H2,(H,13,14)(H2,11,15,16). The van der Waals surface area contributed by atoms with Gasteiger partial charge in [-0.3, -0.25) is 10.1 Å². The molecule has 2 rings (SSSR count). The van der Waals surface area contributed by atoms with Crippen LogP contribution in [0.25, 0.3) is 0 Å². The molecule has 4 N–H and O–H groups in total. The number of primary sulfonamides is 1. The van der Waals surface area contributed by atoms with Gasteiger partial charge >= 0.3 is 0 Å². The van der Waals surface area contributed by atoms with Crippen molar-refractivity contribution in [3.8, 4) is 0 Å². The highest BCUT2D eigenvalue weighted by Gasteiger charge is 2.24. The van der Waals surface area contributed by atoms with E-state index in [-0.39, 0.29) is 22.5 Å². The highest BCUT2D eigenvalue weighted by molar-refractivity contribution is 7.99. The molecule has 0 aromatic heterocycles. The van der Waals surface area contributed by atoms with Gasteiger partial charge < -0.3 is 5.32 Å². The van der Waals surface area contributed by atoms with Crippen molar-refractivity contribution in [2.24, 2.45) is 5.14 Å². The number of carbonyl (C=O) groups is 1. The predicted octanol–water partition coefficient (Wildman–Crippen LogP) is -0.0650. The van der Waals surface area contributed by atoms with Crippen molar-refractivity contribution >= 4 is 33.4 Å². The quantitative estimate of drug-likeness (QED) is 0.722. The molecule has 6 nitrogen and oxygen atoms in total. The van der Waals surface area contributed by atoms with Gasteiger partial charge in [0.1, 0.15) is 4.90 Å². The minimum atomic E-state index is -3.84. The Hall–Kier alpha value is -1.09. The summed E-state index contributed by atoms with van der Waals surface area (Å²) >= 11 is 1.62. The average Bonchev–Trinajstić information content (AvgIpc) is 2.81. The molecule has 8 heteroatoms. The fourth-order valence-electron chi connectivity index (χ4n) is 1.60. The fraction of sp³-hybridized carbons (Fsp3) is 0.300. The maximum Gasteiger partial charge on any atom is 0.242 e. The third-order valence-corrected chi connectivity index (χ3v) is 4.39. The molecule has 18 heavy (non-hydrogen) atoms. The maximum absolute atomic E-state index is 11.9. The average molecular weight is 287 g/mol. The van der Waals surface area contributed by atoms with Gasteiger partial charge in [-0.15, -0.1) is 11.8 Å². The van der Waals surface area contributed by atoms with Crippen LogP contribution in [-0.2, 0) is 14.8 Å². The number of nitrogens with two attached hydrogens (primary N) is 1. The van der Waals surface area contributed by atoms with Crippen LogP contribution in [0.2, 0.25) is 0 Å². The molecule has 1 aromatic rings. The van der Waals surface area contributed by atoms with Gasteiger partial charge in [-0.2, -0.15) is 0 Å². The van der Waals surface area contributed by atoms with Crippen LogP contribution in [-0.4, -0.2) is 32.0 Å². The van der Waals surface area contributed by atoms with Gasteiger partial charge in [0, 0.05) is 11.6 Å². The molecule has 1 unspecified atom stereocenters. The molecular formula is C10H13N3O3S2. The maximum atomic E-state index is 11.9. The smallest absolute Gasteiger partial charge is 0.242 e. The third kappa shape index (κ3) is 3.02. The molecule has 0 spiro atoms. The molecule has 1 fully saturated rings. The lowest BCUT2D eigenvalue weighted by Gasteiger charge is -2.12. The molecule has 1 aromatic carbocycles. The second-order valence-electron chi connectivity index (χ2n) is 3.80. The molecule has 0 bridgehead atoms. The van der Waals surface area contributed by atoms with E-state index in [1.54, 1.807) is 23.9 Å². The summed E-state index contributed by atoms with van der Waals surface area (Å²) in [4.78, 5) is 11.8. The van der Waals surface area contributed by atoms with Gasteiger partial charge in [0.25, 0.3) is 0 Å². The molecule has 1 atom stereocenters. The molecule has 0 aliphatic carbocycles. The van der Waals surface area contributed by atoms with Crippen LogP contribution in [0.4, 0.5) is 5.69 Å². The number of sulfonamides is 1. The van der Waals surface area contributed by atoms with Crippen molar-refractivity contribution < 1.29 is 13.2 Å². The molecule has 1 saturated heterocycles. The molecule has 1 aliphatic rings. The Morgan fingerprint density at radius 2 is 2.17 bits per heavy atom. The summed E-state index contributed by atoms with van der Waals surface area (Å²) in [5.74, 6) is 1.13. The highest BCUT2D eigenvalue weighted by Crippen LogP contribution is 2.20. The third-order valence-electron chi connectivity index (χ3n) is 2.48. The Morgan fingerprint density at radius 1 is 1.44 bits per heavy atom. The van der Waals surface area contributed by atoms with Gasteiger partial charge in [0.2, 0.25) is 15.9 Å². The lowest BCUT2D eigenvalue weighted by atomic mass is 10.2. The minimum Gasteiger partial charge on any atom is -0.323 e. The number of nitrogens with one attached hydrogen (secondary N) is 2. The van der Waals surface area contributed by atoms with Gasteiger partial charge in [-0.25, -0.2) is 13.6 Å². The number of thioether (sulfide) groups is 1. The number of anilines is 1. The van der Waals surface area contributed by atoms with Crippen LogP contribution in [0.15, 0.2) is 29.2 Å². The summed E-state index contributed by atoms with van der Waals surface area (Å²) in [5.41, 5.74) is 0.212. The number of amides is 1. The van der Waals surface area contributed by atoms with Gasteiger partial charge in [0.05, 0.1) is 11.7 Å². The van der Waals surface area contributed by atoms with E-state index in [4.69, 9.17) is 5.14 Å². The number of rotatable bonds is 3. The van der Waals surface area contributed by atoms with Gasteiger partial charge in [-0.05, 0) is 12.1 Å². The molecule has 0 saturated carbocycles. The summed E-state index contributed by atoms with van der Waals surface area (Å²) < 4.78 is 22.7. The first-order valence-electron chi connectivity index (χ1n) is 5.22. The van der Waals surface area contributed by atoms with Crippen LogP contribution < -0.4 is 15.8 Å². The van der Waals surface area contributed by atoms with Crippen molar-refractivity contribution in [3.63, 3.8) is 0 Å². The second-order valence-corrected chi connectivity index (χ2v) is 6.36. The Bertz CT molecular complexity index is 553. The Balaban J connectivity index is 2.21. The Labute approximate surface area is 109 Å². The monoisotopic (exact) mass is 287 g/mol. The molecule has 0 radical (unpaired) electrons. The largest absolute Gasteiger partial charge is 0.323 e. The van der Waals surface area contributed by atoms with Gasteiger partial charge in [0.15, 0.2) is 0 Å². The van der Waals surface area contributed by atoms with E-state index < -0.39 is 10.0 Å². The van der Waals surface area contributed by atoms with Crippen molar-refractivity contribution in [3.05, 3.63) is 24.3 Å². The van der Waals surface area contributed by atoms with E-state index in [1.807, 2.05) is 0 Å². The van der Waals surface area contributed by atoms with E-state index in [9.17, 15) is 13.2 Å². The summed E-state index contributed by atoms with van der Waals surface area (Å²) in [6.07, 6.45) is 0. The first-order chi connectivity index (χ1) is 8.48. The first-order valence-corrected chi connectivity index (χ1v) is 7.92. The normalized spacial score (nSPS) is 19.7. The summed E-state index contributed by atoms with van der Waals surface area (Å²) in [5, 5.41) is 10.7. The predicted molar refractivity (Wildman–Crippen MR) is 70.7 cm³/mol. The van der Waals surface area contributed by atoms with E-state index in [1.165, 1.54) is 12.1 Å². The van der Waals surface area contributed by atoms with E-state index >= 15 is 0 Å². The number of para-hydroxylation sites is 1. The lowest BCUT2D eigenvalue weighted by Crippen LogP contribution is -2.37. The highest BCUT2D eigenvalue weighted by atomic mass is 32.2. The molecule has 1 amide bonds. The zero-order valence-corrected chi connectivity index (χ0v) is 11.1. The molecule has 1 heterocycles. The van der Waals surface area contributed by atoms with Crippen LogP contribution in [0.5, 0.6) is 0 Å². The van der Waals surface area contributed by atoms with Crippen LogP contribution in [0, 0.1) is 0 Å². The summed E-state index contributed by atoms with van der Waals surface area (Å²) in [6.45, 7) is 0. The Kier molecular flexibility index (Phi) is 3.91.